The van der Waals surface area contributed by atoms with Gasteiger partial charge in [0.25, 0.3) is 5.91 Å². The van der Waals surface area contributed by atoms with Crippen molar-refractivity contribution in [1.29, 1.82) is 0 Å². The van der Waals surface area contributed by atoms with Crippen LogP contribution in [0.3, 0.4) is 0 Å². The van der Waals surface area contributed by atoms with E-state index in [9.17, 15) is 19.1 Å². The maximum Gasteiger partial charge on any atom is 0.328 e. The molecule has 1 aromatic heterocycles. The van der Waals surface area contributed by atoms with Crippen LogP contribution in [0.4, 0.5) is 15.2 Å². The van der Waals surface area contributed by atoms with Crippen molar-refractivity contribution in [2.24, 2.45) is 0 Å². The van der Waals surface area contributed by atoms with E-state index in [0.717, 1.165) is 27.0 Å². The van der Waals surface area contributed by atoms with Crippen molar-refractivity contribution >= 4 is 44.2 Å². The minimum absolute atomic E-state index is 0.290. The van der Waals surface area contributed by atoms with Gasteiger partial charge in [-0.2, -0.15) is 0 Å². The van der Waals surface area contributed by atoms with Gasteiger partial charge in [-0.1, -0.05) is 35.6 Å². The molecular formula is C25H22FN3O4S. The number of nitrogens with zero attached hydrogens (tertiary/aromatic N) is 1. The highest BCUT2D eigenvalue weighted by Crippen LogP contribution is 2.30. The van der Waals surface area contributed by atoms with Gasteiger partial charge in [-0.3, -0.25) is 4.79 Å². The second kappa shape index (κ2) is 9.98. The second-order valence-electron chi connectivity index (χ2n) is 7.64. The van der Waals surface area contributed by atoms with Gasteiger partial charge in [-0.05, 0) is 60.5 Å². The van der Waals surface area contributed by atoms with Crippen LogP contribution in [0.25, 0.3) is 21.3 Å². The average Bonchev–Trinajstić information content (AvgIpc) is 3.23. The van der Waals surface area contributed by atoms with Crippen molar-refractivity contribution in [2.75, 3.05) is 12.4 Å². The van der Waals surface area contributed by atoms with Crippen molar-refractivity contribution in [2.45, 2.75) is 19.1 Å². The highest BCUT2D eigenvalue weighted by molar-refractivity contribution is 7.22. The number of aliphatic carboxylic acids is 1. The number of hydrogen-bond donors (Lipinski definition) is 3. The first-order chi connectivity index (χ1) is 16.3. The van der Waals surface area contributed by atoms with Crippen molar-refractivity contribution in [3.63, 3.8) is 0 Å². The van der Waals surface area contributed by atoms with Crippen LogP contribution in [-0.4, -0.2) is 41.2 Å². The third kappa shape index (κ3) is 5.22. The van der Waals surface area contributed by atoms with Gasteiger partial charge in [-0.25, -0.2) is 14.2 Å². The quantitative estimate of drug-likeness (QED) is 0.327. The Morgan fingerprint density at radius 3 is 2.29 bits per heavy atom. The third-order valence-corrected chi connectivity index (χ3v) is 6.29. The normalized spacial score (nSPS) is 12.8. The van der Waals surface area contributed by atoms with E-state index < -0.39 is 24.0 Å². The fourth-order valence-electron chi connectivity index (χ4n) is 3.38. The summed E-state index contributed by atoms with van der Waals surface area (Å²) in [6.45, 7) is 1.58. The number of carboxylic acid groups (broad SMARTS) is 1. The number of amides is 1. The molecule has 0 unspecified atom stereocenters. The molecular weight excluding hydrogens is 457 g/mol. The average molecular weight is 480 g/mol. The zero-order valence-corrected chi connectivity index (χ0v) is 19.2. The summed E-state index contributed by atoms with van der Waals surface area (Å²) in [6.07, 6.45) is -0.670. The molecule has 0 fully saturated rings. The Balaban J connectivity index is 1.43. The molecule has 0 bridgehead atoms. The summed E-state index contributed by atoms with van der Waals surface area (Å²) in [5.41, 5.74) is 3.77. The number of nitrogens with one attached hydrogen (secondary N) is 2. The van der Waals surface area contributed by atoms with E-state index in [4.69, 9.17) is 4.74 Å². The zero-order chi connectivity index (χ0) is 24.2. The molecule has 0 saturated carbocycles. The van der Waals surface area contributed by atoms with Gasteiger partial charge in [0.1, 0.15) is 5.82 Å². The molecule has 0 aliphatic carbocycles. The summed E-state index contributed by atoms with van der Waals surface area (Å²) in [5.74, 6) is -1.94. The lowest BCUT2D eigenvalue weighted by Crippen LogP contribution is -2.48. The van der Waals surface area contributed by atoms with Crippen molar-refractivity contribution in [3.05, 3.63) is 78.1 Å². The number of rotatable bonds is 8. The van der Waals surface area contributed by atoms with Crippen LogP contribution in [0.15, 0.2) is 66.7 Å². The minimum atomic E-state index is -1.16. The van der Waals surface area contributed by atoms with Crippen LogP contribution >= 0.6 is 11.3 Å². The molecule has 0 saturated heterocycles. The lowest BCUT2D eigenvalue weighted by molar-refractivity contribution is -0.142. The number of methoxy groups -OCH3 is 1. The Morgan fingerprint density at radius 1 is 1.03 bits per heavy atom. The van der Waals surface area contributed by atoms with Crippen LogP contribution in [-0.2, 0) is 9.53 Å². The van der Waals surface area contributed by atoms with E-state index in [1.807, 2.05) is 24.3 Å². The predicted molar refractivity (Wildman–Crippen MR) is 130 cm³/mol. The van der Waals surface area contributed by atoms with Crippen LogP contribution in [0.5, 0.6) is 0 Å². The van der Waals surface area contributed by atoms with E-state index in [-0.39, 0.29) is 5.82 Å². The molecule has 1 amide bonds. The number of carbonyl (C=O) groups is 2. The number of thiazole rings is 1. The first kappa shape index (κ1) is 23.3. The van der Waals surface area contributed by atoms with Crippen LogP contribution in [0.1, 0.15) is 17.3 Å². The number of hydrogen-bond acceptors (Lipinski definition) is 6. The molecule has 0 aliphatic heterocycles. The number of carboxylic acids is 1. The number of anilines is 2. The summed E-state index contributed by atoms with van der Waals surface area (Å²) < 4.78 is 19.2. The molecule has 4 rings (SSSR count). The lowest BCUT2D eigenvalue weighted by atomic mass is 10.0. The summed E-state index contributed by atoms with van der Waals surface area (Å²) in [7, 11) is 1.39. The summed E-state index contributed by atoms with van der Waals surface area (Å²) in [6, 6.07) is 17.9. The highest BCUT2D eigenvalue weighted by atomic mass is 32.1. The van der Waals surface area contributed by atoms with Gasteiger partial charge in [0.2, 0.25) is 0 Å². The fraction of sp³-hybridized carbons (Fsp3) is 0.160. The van der Waals surface area contributed by atoms with Crippen molar-refractivity contribution < 1.29 is 23.8 Å². The Kier molecular flexibility index (Phi) is 6.85. The second-order valence-corrected chi connectivity index (χ2v) is 8.67. The largest absolute Gasteiger partial charge is 0.480 e. The van der Waals surface area contributed by atoms with Gasteiger partial charge in [0, 0.05) is 18.4 Å². The molecule has 174 valence electrons. The van der Waals surface area contributed by atoms with Gasteiger partial charge in [0.15, 0.2) is 11.2 Å². The number of ether oxygens (including phenoxy) is 1. The lowest BCUT2D eigenvalue weighted by Gasteiger charge is -2.20. The van der Waals surface area contributed by atoms with E-state index in [1.54, 1.807) is 37.3 Å². The monoisotopic (exact) mass is 479 g/mol. The van der Waals surface area contributed by atoms with E-state index >= 15 is 0 Å². The van der Waals surface area contributed by atoms with Gasteiger partial charge >= 0.3 is 5.97 Å². The number of fused-ring (bicyclic) bond motifs is 1. The smallest absolute Gasteiger partial charge is 0.328 e. The Bertz CT molecular complexity index is 1320. The number of benzene rings is 3. The summed E-state index contributed by atoms with van der Waals surface area (Å²) >= 11 is 1.38. The molecule has 0 radical (unpaired) electrons. The van der Waals surface area contributed by atoms with Crippen LogP contribution in [0, 0.1) is 5.82 Å². The molecule has 4 aromatic rings. The van der Waals surface area contributed by atoms with Gasteiger partial charge in [-0.15, -0.1) is 0 Å². The highest BCUT2D eigenvalue weighted by Gasteiger charge is 2.26. The molecule has 2 atom stereocenters. The number of halogens is 1. The molecule has 9 heteroatoms. The van der Waals surface area contributed by atoms with Crippen molar-refractivity contribution in [3.8, 4) is 11.1 Å². The summed E-state index contributed by atoms with van der Waals surface area (Å²) in [4.78, 5) is 28.3. The maximum atomic E-state index is 13.4. The van der Waals surface area contributed by atoms with Gasteiger partial charge in [0.05, 0.1) is 16.3 Å². The molecule has 34 heavy (non-hydrogen) atoms. The van der Waals surface area contributed by atoms with Crippen molar-refractivity contribution in [1.82, 2.24) is 10.3 Å². The standard InChI is InChI=1S/C25H22FN3O4S/c1-14(33-2)22(24(31)32)29-23(30)17-5-3-15(4-6-17)16-7-10-19(11-8-16)27-25-28-20-12-9-18(26)13-21(20)34-25/h3-14,22H,1-2H3,(H,27,28)(H,29,30)(H,31,32)/t14-,22-/m0/s1. The van der Waals surface area contributed by atoms with E-state index in [2.05, 4.69) is 15.6 Å². The number of carbonyl (C=O) groups excluding carboxylic acids is 1. The Morgan fingerprint density at radius 2 is 1.68 bits per heavy atom. The maximum absolute atomic E-state index is 13.4. The van der Waals surface area contributed by atoms with Gasteiger partial charge < -0.3 is 20.5 Å². The molecule has 7 nitrogen and oxygen atoms in total. The zero-order valence-electron chi connectivity index (χ0n) is 18.4. The topological polar surface area (TPSA) is 101 Å². The Labute approximate surface area is 199 Å². The molecule has 0 aliphatic rings. The SMILES string of the molecule is CO[C@@H](C)[C@H](NC(=O)c1ccc(-c2ccc(Nc3nc4ccc(F)cc4s3)cc2)cc1)C(=O)O. The molecule has 3 aromatic carbocycles. The van der Waals surface area contributed by atoms with E-state index in [1.165, 1.54) is 30.6 Å². The van der Waals surface area contributed by atoms with Crippen LogP contribution < -0.4 is 10.6 Å². The Hall–Kier alpha value is -3.82. The van der Waals surface area contributed by atoms with Crippen LogP contribution in [0.2, 0.25) is 0 Å². The minimum Gasteiger partial charge on any atom is -0.480 e. The summed E-state index contributed by atoms with van der Waals surface area (Å²) in [5, 5.41) is 15.7. The molecule has 1 heterocycles. The fourth-order valence-corrected chi connectivity index (χ4v) is 4.29. The molecule has 0 spiro atoms. The first-order valence-electron chi connectivity index (χ1n) is 10.4. The number of aromatic nitrogens is 1. The predicted octanol–water partition coefficient (Wildman–Crippen LogP) is 5.06. The van der Waals surface area contributed by atoms with E-state index in [0.29, 0.717) is 10.7 Å². The molecule has 3 N–H and O–H groups in total. The first-order valence-corrected chi connectivity index (χ1v) is 11.3. The third-order valence-electron chi connectivity index (χ3n) is 5.36.